The molecule has 0 bridgehead atoms. The maximum Gasteiger partial charge on any atom is 0.133 e. The van der Waals surface area contributed by atoms with E-state index in [1.54, 1.807) is 7.11 Å². The van der Waals surface area contributed by atoms with Crippen molar-refractivity contribution in [1.82, 2.24) is 4.98 Å². The van der Waals surface area contributed by atoms with Crippen LogP contribution in [0.1, 0.15) is 20.3 Å². The third kappa shape index (κ3) is 2.92. The third-order valence-electron chi connectivity index (χ3n) is 2.99. The van der Waals surface area contributed by atoms with Crippen LogP contribution in [0, 0.1) is 5.92 Å². The highest BCUT2D eigenvalue weighted by Gasteiger charge is 2.03. The number of fused-ring (bicyclic) bond motifs is 1. The summed E-state index contributed by atoms with van der Waals surface area (Å²) < 4.78 is 5.23. The van der Waals surface area contributed by atoms with Gasteiger partial charge in [0.05, 0.1) is 7.11 Å². The molecular weight excluding hydrogens is 224 g/mol. The number of pyridine rings is 1. The standard InChI is InChI=1S/C15H20N2O/c1-11(2)6-8-16-15-14-5-4-13(18-3)10-12(14)7-9-17-15/h4-5,7,9-11H,6,8H2,1-3H3,(H,16,17). The molecule has 3 heteroatoms. The lowest BCUT2D eigenvalue weighted by Crippen LogP contribution is -2.06. The van der Waals surface area contributed by atoms with Crippen LogP contribution in [0.25, 0.3) is 10.8 Å². The lowest BCUT2D eigenvalue weighted by molar-refractivity contribution is 0.415. The molecule has 2 aromatic rings. The quantitative estimate of drug-likeness (QED) is 0.870. The van der Waals surface area contributed by atoms with Crippen molar-refractivity contribution in [2.75, 3.05) is 19.0 Å². The number of methoxy groups -OCH3 is 1. The number of nitrogens with zero attached hydrogens (tertiary/aromatic N) is 1. The summed E-state index contributed by atoms with van der Waals surface area (Å²) in [5, 5.41) is 5.69. The van der Waals surface area contributed by atoms with Gasteiger partial charge in [-0.25, -0.2) is 4.98 Å². The Morgan fingerprint density at radius 1 is 1.28 bits per heavy atom. The zero-order valence-electron chi connectivity index (χ0n) is 11.2. The van der Waals surface area contributed by atoms with Crippen LogP contribution in [0.15, 0.2) is 30.5 Å². The highest BCUT2D eigenvalue weighted by atomic mass is 16.5. The number of aromatic nitrogens is 1. The maximum absolute atomic E-state index is 5.23. The maximum atomic E-state index is 5.23. The molecule has 0 amide bonds. The van der Waals surface area contributed by atoms with Crippen molar-refractivity contribution in [3.05, 3.63) is 30.5 Å². The zero-order valence-corrected chi connectivity index (χ0v) is 11.2. The Labute approximate surface area is 108 Å². The molecule has 3 nitrogen and oxygen atoms in total. The van der Waals surface area contributed by atoms with Crippen LogP contribution in [0.5, 0.6) is 5.75 Å². The molecular formula is C15H20N2O. The van der Waals surface area contributed by atoms with Gasteiger partial charge < -0.3 is 10.1 Å². The van der Waals surface area contributed by atoms with E-state index in [9.17, 15) is 0 Å². The second-order valence-corrected chi connectivity index (χ2v) is 4.86. The molecule has 0 saturated heterocycles. The minimum atomic E-state index is 0.701. The molecule has 0 unspecified atom stereocenters. The van der Waals surface area contributed by atoms with Crippen molar-refractivity contribution < 1.29 is 4.74 Å². The second-order valence-electron chi connectivity index (χ2n) is 4.86. The molecule has 0 aliphatic carbocycles. The van der Waals surface area contributed by atoms with Crippen LogP contribution in [-0.4, -0.2) is 18.6 Å². The first kappa shape index (κ1) is 12.7. The van der Waals surface area contributed by atoms with E-state index in [-0.39, 0.29) is 0 Å². The van der Waals surface area contributed by atoms with E-state index in [0.717, 1.165) is 35.3 Å². The molecule has 1 aromatic heterocycles. The van der Waals surface area contributed by atoms with Gasteiger partial charge in [-0.2, -0.15) is 0 Å². The fraction of sp³-hybridized carbons (Fsp3) is 0.400. The smallest absolute Gasteiger partial charge is 0.133 e. The molecule has 0 aliphatic rings. The fourth-order valence-corrected chi connectivity index (χ4v) is 1.90. The van der Waals surface area contributed by atoms with Crippen molar-refractivity contribution >= 4 is 16.6 Å². The van der Waals surface area contributed by atoms with Crippen molar-refractivity contribution in [3.8, 4) is 5.75 Å². The van der Waals surface area contributed by atoms with E-state index in [1.807, 2.05) is 24.4 Å². The number of anilines is 1. The Bertz CT molecular complexity index is 523. The number of hydrogen-bond acceptors (Lipinski definition) is 3. The molecule has 1 aromatic carbocycles. The number of benzene rings is 1. The van der Waals surface area contributed by atoms with E-state index >= 15 is 0 Å². The number of hydrogen-bond donors (Lipinski definition) is 1. The van der Waals surface area contributed by atoms with Gasteiger partial charge in [-0.1, -0.05) is 13.8 Å². The van der Waals surface area contributed by atoms with Gasteiger partial charge in [0, 0.05) is 18.1 Å². The first-order valence-corrected chi connectivity index (χ1v) is 6.37. The van der Waals surface area contributed by atoms with Gasteiger partial charge in [-0.05, 0) is 42.0 Å². The summed E-state index contributed by atoms with van der Waals surface area (Å²) in [6, 6.07) is 8.06. The normalized spacial score (nSPS) is 10.9. The number of nitrogens with one attached hydrogen (secondary N) is 1. The summed E-state index contributed by atoms with van der Waals surface area (Å²) in [5.74, 6) is 2.53. The van der Waals surface area contributed by atoms with E-state index in [1.165, 1.54) is 0 Å². The minimum absolute atomic E-state index is 0.701. The average molecular weight is 244 g/mol. The third-order valence-corrected chi connectivity index (χ3v) is 2.99. The summed E-state index contributed by atoms with van der Waals surface area (Å²) in [6.45, 7) is 5.40. The van der Waals surface area contributed by atoms with E-state index in [0.29, 0.717) is 5.92 Å². The van der Waals surface area contributed by atoms with Gasteiger partial charge in [0.2, 0.25) is 0 Å². The Hall–Kier alpha value is -1.77. The van der Waals surface area contributed by atoms with Crippen molar-refractivity contribution in [2.45, 2.75) is 20.3 Å². The Kier molecular flexibility index (Phi) is 4.03. The monoisotopic (exact) mass is 244 g/mol. The summed E-state index contributed by atoms with van der Waals surface area (Å²) in [4.78, 5) is 4.41. The largest absolute Gasteiger partial charge is 0.497 e. The Morgan fingerprint density at radius 3 is 2.83 bits per heavy atom. The lowest BCUT2D eigenvalue weighted by atomic mass is 10.1. The van der Waals surface area contributed by atoms with Crippen LogP contribution in [0.4, 0.5) is 5.82 Å². The van der Waals surface area contributed by atoms with Crippen LogP contribution in [-0.2, 0) is 0 Å². The van der Waals surface area contributed by atoms with Gasteiger partial charge in [-0.3, -0.25) is 0 Å². The summed E-state index contributed by atoms with van der Waals surface area (Å²) in [5.41, 5.74) is 0. The van der Waals surface area contributed by atoms with E-state index in [4.69, 9.17) is 4.74 Å². The lowest BCUT2D eigenvalue weighted by Gasteiger charge is -2.10. The zero-order chi connectivity index (χ0) is 13.0. The summed E-state index contributed by atoms with van der Waals surface area (Å²) >= 11 is 0. The first-order valence-electron chi connectivity index (χ1n) is 6.37. The molecule has 0 aliphatic heterocycles. The van der Waals surface area contributed by atoms with Crippen molar-refractivity contribution in [3.63, 3.8) is 0 Å². The van der Waals surface area contributed by atoms with Gasteiger partial charge in [0.15, 0.2) is 0 Å². The molecule has 2 rings (SSSR count). The van der Waals surface area contributed by atoms with E-state index in [2.05, 4.69) is 30.2 Å². The minimum Gasteiger partial charge on any atom is -0.497 e. The fourth-order valence-electron chi connectivity index (χ4n) is 1.90. The molecule has 1 N–H and O–H groups in total. The summed E-state index contributed by atoms with van der Waals surface area (Å²) in [7, 11) is 1.68. The molecule has 1 heterocycles. The molecule has 0 atom stereocenters. The Balaban J connectivity index is 2.22. The first-order chi connectivity index (χ1) is 8.70. The van der Waals surface area contributed by atoms with Crippen LogP contribution < -0.4 is 10.1 Å². The highest BCUT2D eigenvalue weighted by molar-refractivity contribution is 5.92. The van der Waals surface area contributed by atoms with Gasteiger partial charge in [0.25, 0.3) is 0 Å². The molecule has 0 saturated carbocycles. The van der Waals surface area contributed by atoms with Crippen LogP contribution in [0.3, 0.4) is 0 Å². The predicted molar refractivity (Wildman–Crippen MR) is 76.2 cm³/mol. The molecule has 18 heavy (non-hydrogen) atoms. The summed E-state index contributed by atoms with van der Waals surface area (Å²) in [6.07, 6.45) is 2.98. The second kappa shape index (κ2) is 5.71. The molecule has 0 fully saturated rings. The highest BCUT2D eigenvalue weighted by Crippen LogP contribution is 2.25. The van der Waals surface area contributed by atoms with E-state index < -0.39 is 0 Å². The molecule has 0 radical (unpaired) electrons. The SMILES string of the molecule is COc1ccc2c(NCCC(C)C)nccc2c1. The van der Waals surface area contributed by atoms with Gasteiger partial charge >= 0.3 is 0 Å². The van der Waals surface area contributed by atoms with Crippen LogP contribution >= 0.6 is 0 Å². The molecule has 0 spiro atoms. The van der Waals surface area contributed by atoms with Gasteiger partial charge in [-0.15, -0.1) is 0 Å². The number of rotatable bonds is 5. The predicted octanol–water partition coefficient (Wildman–Crippen LogP) is 3.70. The average Bonchev–Trinajstić information content (AvgIpc) is 2.38. The molecule has 96 valence electrons. The van der Waals surface area contributed by atoms with Crippen molar-refractivity contribution in [1.29, 1.82) is 0 Å². The topological polar surface area (TPSA) is 34.1 Å². The van der Waals surface area contributed by atoms with Gasteiger partial charge in [0.1, 0.15) is 11.6 Å². The van der Waals surface area contributed by atoms with Crippen molar-refractivity contribution in [2.24, 2.45) is 5.92 Å². The number of ether oxygens (including phenoxy) is 1. The Morgan fingerprint density at radius 2 is 2.11 bits per heavy atom. The van der Waals surface area contributed by atoms with Crippen LogP contribution in [0.2, 0.25) is 0 Å².